The molecule has 1 aliphatic rings. The van der Waals surface area contributed by atoms with Gasteiger partial charge in [0.1, 0.15) is 0 Å². The van der Waals surface area contributed by atoms with Crippen LogP contribution in [0.5, 0.6) is 0 Å². The Labute approximate surface area is 128 Å². The molecule has 1 aromatic rings. The minimum atomic E-state index is -0.781. The zero-order valence-corrected chi connectivity index (χ0v) is 13.5. The number of hydrogen-bond donors (Lipinski definition) is 2. The van der Waals surface area contributed by atoms with Crippen LogP contribution in [0.25, 0.3) is 0 Å². The normalized spacial score (nSPS) is 18.5. The fourth-order valence-corrected chi connectivity index (χ4v) is 3.10. The fourth-order valence-electron chi connectivity index (χ4n) is 3.10. The monoisotopic (exact) mass is 288 g/mol. The largest absolute Gasteiger partial charge is 0.348 e. The van der Waals surface area contributed by atoms with E-state index in [1.54, 1.807) is 0 Å². The molecule has 21 heavy (non-hydrogen) atoms. The third-order valence-electron chi connectivity index (χ3n) is 4.51. The summed E-state index contributed by atoms with van der Waals surface area (Å²) in [5.74, 6) is -0.0606. The van der Waals surface area contributed by atoms with Crippen molar-refractivity contribution in [1.82, 2.24) is 5.32 Å². The number of benzene rings is 1. The second-order valence-electron chi connectivity index (χ2n) is 6.60. The Kier molecular flexibility index (Phi) is 5.04. The molecule has 3 N–H and O–H groups in total. The Morgan fingerprint density at radius 3 is 2.67 bits per heavy atom. The zero-order valence-electron chi connectivity index (χ0n) is 13.5. The summed E-state index contributed by atoms with van der Waals surface area (Å²) in [7, 11) is 0. The van der Waals surface area contributed by atoms with Gasteiger partial charge in [-0.2, -0.15) is 0 Å². The van der Waals surface area contributed by atoms with Crippen molar-refractivity contribution in [3.63, 3.8) is 0 Å². The van der Waals surface area contributed by atoms with E-state index in [2.05, 4.69) is 23.5 Å². The number of nitrogens with two attached hydrogens (primary N) is 1. The number of carbonyl (C=O) groups excluding carboxylic acids is 1. The number of rotatable bonds is 5. The van der Waals surface area contributed by atoms with Crippen LogP contribution in [0.15, 0.2) is 18.2 Å². The lowest BCUT2D eigenvalue weighted by molar-refractivity contribution is -0.126. The second-order valence-corrected chi connectivity index (χ2v) is 6.60. The predicted octanol–water partition coefficient (Wildman–Crippen LogP) is 3.26. The van der Waals surface area contributed by atoms with Crippen molar-refractivity contribution in [2.45, 2.75) is 70.9 Å². The molecule has 0 saturated carbocycles. The first-order valence-corrected chi connectivity index (χ1v) is 8.15. The van der Waals surface area contributed by atoms with E-state index in [1.165, 1.54) is 36.0 Å². The SMILES string of the molecule is CCCC(C)(N)C(=O)NC(C)c1ccc2c(c1)CCCC2. The summed E-state index contributed by atoms with van der Waals surface area (Å²) >= 11 is 0. The molecule has 0 heterocycles. The van der Waals surface area contributed by atoms with Crippen LogP contribution < -0.4 is 11.1 Å². The maximum absolute atomic E-state index is 12.3. The van der Waals surface area contributed by atoms with Crippen LogP contribution in [0.3, 0.4) is 0 Å². The van der Waals surface area contributed by atoms with Crippen LogP contribution in [-0.2, 0) is 17.6 Å². The molecule has 0 radical (unpaired) electrons. The molecule has 3 heteroatoms. The molecule has 116 valence electrons. The van der Waals surface area contributed by atoms with Gasteiger partial charge in [0.15, 0.2) is 0 Å². The van der Waals surface area contributed by atoms with Crippen molar-refractivity contribution in [2.75, 3.05) is 0 Å². The van der Waals surface area contributed by atoms with Gasteiger partial charge in [-0.3, -0.25) is 4.79 Å². The van der Waals surface area contributed by atoms with E-state index in [4.69, 9.17) is 5.73 Å². The smallest absolute Gasteiger partial charge is 0.240 e. The summed E-state index contributed by atoms with van der Waals surface area (Å²) in [6.07, 6.45) is 6.53. The molecule has 3 nitrogen and oxygen atoms in total. The van der Waals surface area contributed by atoms with Gasteiger partial charge in [0.05, 0.1) is 11.6 Å². The highest BCUT2D eigenvalue weighted by atomic mass is 16.2. The van der Waals surface area contributed by atoms with E-state index in [1.807, 2.05) is 20.8 Å². The van der Waals surface area contributed by atoms with Gasteiger partial charge >= 0.3 is 0 Å². The summed E-state index contributed by atoms with van der Waals surface area (Å²) in [4.78, 5) is 12.3. The number of hydrogen-bond acceptors (Lipinski definition) is 2. The van der Waals surface area contributed by atoms with Gasteiger partial charge in [0.2, 0.25) is 5.91 Å². The Morgan fingerprint density at radius 1 is 1.33 bits per heavy atom. The first kappa shape index (κ1) is 16.0. The molecular formula is C18H28N2O. The van der Waals surface area contributed by atoms with Crippen molar-refractivity contribution >= 4 is 5.91 Å². The summed E-state index contributed by atoms with van der Waals surface area (Å²) < 4.78 is 0. The standard InChI is InChI=1S/C18H28N2O/c1-4-11-18(3,19)17(21)20-13(2)15-10-9-14-7-5-6-8-16(14)12-15/h9-10,12-13H,4-8,11,19H2,1-3H3,(H,20,21). The third kappa shape index (κ3) is 3.85. The Hall–Kier alpha value is -1.35. The first-order chi connectivity index (χ1) is 9.94. The van der Waals surface area contributed by atoms with Gasteiger partial charge in [-0.05, 0) is 62.6 Å². The van der Waals surface area contributed by atoms with Crippen molar-refractivity contribution in [3.8, 4) is 0 Å². The Balaban J connectivity index is 2.06. The molecule has 0 bridgehead atoms. The topological polar surface area (TPSA) is 55.1 Å². The van der Waals surface area contributed by atoms with Gasteiger partial charge in [-0.25, -0.2) is 0 Å². The van der Waals surface area contributed by atoms with Crippen LogP contribution in [0.4, 0.5) is 0 Å². The minimum absolute atomic E-state index is 0.00413. The molecule has 0 spiro atoms. The average Bonchev–Trinajstić information content (AvgIpc) is 2.46. The number of nitrogens with one attached hydrogen (secondary N) is 1. The summed E-state index contributed by atoms with van der Waals surface area (Å²) in [6, 6.07) is 6.63. The molecular weight excluding hydrogens is 260 g/mol. The molecule has 0 fully saturated rings. The minimum Gasteiger partial charge on any atom is -0.348 e. The summed E-state index contributed by atoms with van der Waals surface area (Å²) in [5.41, 5.74) is 9.41. The third-order valence-corrected chi connectivity index (χ3v) is 4.51. The van der Waals surface area contributed by atoms with Crippen LogP contribution >= 0.6 is 0 Å². The van der Waals surface area contributed by atoms with Crippen LogP contribution in [-0.4, -0.2) is 11.4 Å². The Bertz CT molecular complexity index is 508. The molecule has 2 rings (SSSR count). The molecule has 1 aromatic carbocycles. The number of amides is 1. The lowest BCUT2D eigenvalue weighted by Gasteiger charge is -2.26. The van der Waals surface area contributed by atoms with Crippen LogP contribution in [0.2, 0.25) is 0 Å². The summed E-state index contributed by atoms with van der Waals surface area (Å²) in [6.45, 7) is 5.89. The van der Waals surface area contributed by atoms with Gasteiger partial charge in [0, 0.05) is 0 Å². The molecule has 0 aliphatic heterocycles. The molecule has 1 aliphatic carbocycles. The lowest BCUT2D eigenvalue weighted by atomic mass is 9.89. The molecule has 0 aromatic heterocycles. The average molecular weight is 288 g/mol. The number of carbonyl (C=O) groups is 1. The van der Waals surface area contributed by atoms with E-state index in [0.717, 1.165) is 12.8 Å². The molecule has 0 saturated heterocycles. The number of fused-ring (bicyclic) bond motifs is 1. The van der Waals surface area contributed by atoms with Gasteiger partial charge < -0.3 is 11.1 Å². The summed E-state index contributed by atoms with van der Waals surface area (Å²) in [5, 5.41) is 3.06. The van der Waals surface area contributed by atoms with Gasteiger partial charge in [-0.1, -0.05) is 31.5 Å². The molecule has 2 unspecified atom stereocenters. The fraction of sp³-hybridized carbons (Fsp3) is 0.611. The number of aryl methyl sites for hydroxylation is 2. The van der Waals surface area contributed by atoms with Crippen molar-refractivity contribution in [3.05, 3.63) is 34.9 Å². The zero-order chi connectivity index (χ0) is 15.5. The first-order valence-electron chi connectivity index (χ1n) is 8.15. The second kappa shape index (κ2) is 6.61. The predicted molar refractivity (Wildman–Crippen MR) is 87.1 cm³/mol. The highest BCUT2D eigenvalue weighted by Gasteiger charge is 2.28. The van der Waals surface area contributed by atoms with E-state index in [9.17, 15) is 4.79 Å². The van der Waals surface area contributed by atoms with E-state index >= 15 is 0 Å². The lowest BCUT2D eigenvalue weighted by Crippen LogP contribution is -2.52. The van der Waals surface area contributed by atoms with Crippen LogP contribution in [0, 0.1) is 0 Å². The van der Waals surface area contributed by atoms with E-state index < -0.39 is 5.54 Å². The molecule has 1 amide bonds. The van der Waals surface area contributed by atoms with E-state index in [0.29, 0.717) is 6.42 Å². The Morgan fingerprint density at radius 2 is 2.00 bits per heavy atom. The maximum Gasteiger partial charge on any atom is 0.240 e. The maximum atomic E-state index is 12.3. The highest BCUT2D eigenvalue weighted by Crippen LogP contribution is 2.25. The quantitative estimate of drug-likeness (QED) is 0.873. The van der Waals surface area contributed by atoms with Crippen LogP contribution in [0.1, 0.15) is 69.2 Å². The van der Waals surface area contributed by atoms with Gasteiger partial charge in [0.25, 0.3) is 0 Å². The van der Waals surface area contributed by atoms with Gasteiger partial charge in [-0.15, -0.1) is 0 Å². The van der Waals surface area contributed by atoms with Crippen molar-refractivity contribution in [1.29, 1.82) is 0 Å². The van der Waals surface area contributed by atoms with Crippen molar-refractivity contribution in [2.24, 2.45) is 5.73 Å². The van der Waals surface area contributed by atoms with E-state index in [-0.39, 0.29) is 11.9 Å². The molecule has 2 atom stereocenters. The van der Waals surface area contributed by atoms with Crippen molar-refractivity contribution < 1.29 is 4.79 Å². The highest BCUT2D eigenvalue weighted by molar-refractivity contribution is 5.85.